The van der Waals surface area contributed by atoms with Gasteiger partial charge in [-0.1, -0.05) is 90.1 Å². The molecule has 39 heavy (non-hydrogen) atoms. The highest BCUT2D eigenvalue weighted by molar-refractivity contribution is 5.37. The van der Waals surface area contributed by atoms with E-state index in [4.69, 9.17) is 0 Å². The molecule has 1 atom stereocenters. The Labute approximate surface area is 230 Å². The molecule has 0 radical (unpaired) electrons. The highest BCUT2D eigenvalue weighted by Crippen LogP contribution is 2.42. The molecule has 7 nitrogen and oxygen atoms in total. The van der Waals surface area contributed by atoms with Crippen LogP contribution < -0.4 is 0 Å². The smallest absolute Gasteiger partial charge is 0.184 e. The lowest BCUT2D eigenvalue weighted by Crippen LogP contribution is -2.44. The van der Waals surface area contributed by atoms with Crippen molar-refractivity contribution in [1.82, 2.24) is 25.5 Å². The maximum absolute atomic E-state index is 12.1. The normalized spacial score (nSPS) is 16.3. The topological polar surface area (TPSA) is 98.2 Å². The fourth-order valence-electron chi connectivity index (χ4n) is 5.95. The summed E-state index contributed by atoms with van der Waals surface area (Å²) in [7, 11) is 0. The van der Waals surface area contributed by atoms with E-state index in [1.807, 2.05) is 84.9 Å². The van der Waals surface area contributed by atoms with E-state index in [9.17, 15) is 10.2 Å². The fraction of sp³-hybridized carbons (Fsp3) is 0.406. The first-order valence-corrected chi connectivity index (χ1v) is 14.0. The predicted molar refractivity (Wildman–Crippen MR) is 152 cm³/mol. The molecule has 3 N–H and O–H groups in total. The van der Waals surface area contributed by atoms with E-state index >= 15 is 0 Å². The van der Waals surface area contributed by atoms with Crippen LogP contribution in [0.5, 0.6) is 0 Å². The van der Waals surface area contributed by atoms with Gasteiger partial charge in [-0.05, 0) is 87.3 Å². The Morgan fingerprint density at radius 3 is 2.00 bits per heavy atom. The van der Waals surface area contributed by atoms with Gasteiger partial charge in [-0.15, -0.1) is 10.2 Å². The summed E-state index contributed by atoms with van der Waals surface area (Å²) in [6.07, 6.45) is 3.00. The number of nitrogens with zero attached hydrogens (tertiary/aromatic N) is 4. The van der Waals surface area contributed by atoms with Gasteiger partial charge in [0.05, 0.1) is 11.5 Å². The third kappa shape index (κ3) is 5.81. The maximum atomic E-state index is 12.1. The molecule has 7 heteroatoms. The molecule has 2 heterocycles. The number of hydrogen-bond donors (Lipinski definition) is 3. The monoisotopic (exact) mass is 525 g/mol. The third-order valence-electron chi connectivity index (χ3n) is 8.48. The highest BCUT2D eigenvalue weighted by atomic mass is 16.3. The standard InChI is InChI=1S/C32H39N5O2/c1-31(2,30-33-35-36-34-30)25-17-15-24(16-18-25)29(38)14-9-21-37-22-19-28(20-23-37)32(39,26-10-5-3-6-11-26)27-12-7-4-8-13-27/h3-8,10-13,15-18,28-29,38-39H,9,14,19-23H2,1-2H3,(H,33,34,35,36)/t29-/m0/s1. The molecular formula is C32H39N5O2. The second-order valence-electron chi connectivity index (χ2n) is 11.3. The summed E-state index contributed by atoms with van der Waals surface area (Å²) in [6.45, 7) is 6.97. The zero-order valence-corrected chi connectivity index (χ0v) is 22.9. The van der Waals surface area contributed by atoms with Gasteiger partial charge >= 0.3 is 0 Å². The van der Waals surface area contributed by atoms with Gasteiger partial charge in [0.1, 0.15) is 5.60 Å². The molecule has 4 aromatic rings. The molecule has 0 bridgehead atoms. The van der Waals surface area contributed by atoms with Crippen LogP contribution in [0.15, 0.2) is 84.9 Å². The number of aliphatic hydroxyl groups excluding tert-OH is 1. The highest BCUT2D eigenvalue weighted by Gasteiger charge is 2.41. The van der Waals surface area contributed by atoms with E-state index < -0.39 is 11.7 Å². The van der Waals surface area contributed by atoms with Crippen LogP contribution in [-0.2, 0) is 11.0 Å². The first kappa shape index (κ1) is 27.2. The maximum Gasteiger partial charge on any atom is 0.184 e. The molecule has 1 aliphatic heterocycles. The van der Waals surface area contributed by atoms with Gasteiger partial charge in [-0.25, -0.2) is 0 Å². The number of H-pyrrole nitrogens is 1. The van der Waals surface area contributed by atoms with Crippen molar-refractivity contribution in [3.63, 3.8) is 0 Å². The van der Waals surface area contributed by atoms with E-state index in [0.717, 1.165) is 61.2 Å². The number of piperidine rings is 1. The van der Waals surface area contributed by atoms with Gasteiger partial charge < -0.3 is 15.1 Å². The SMILES string of the molecule is CC(C)(c1ccc([C@@H](O)CCCN2CCC(C(O)(c3ccccc3)c3ccccc3)CC2)cc1)c1nn[nH]n1. The van der Waals surface area contributed by atoms with Gasteiger partial charge in [0.2, 0.25) is 0 Å². The van der Waals surface area contributed by atoms with Crippen molar-refractivity contribution in [2.24, 2.45) is 5.92 Å². The first-order valence-electron chi connectivity index (χ1n) is 14.0. The Balaban J connectivity index is 1.14. The number of aliphatic hydroxyl groups is 2. The van der Waals surface area contributed by atoms with E-state index in [1.165, 1.54) is 0 Å². The van der Waals surface area contributed by atoms with E-state index in [-0.39, 0.29) is 11.3 Å². The number of benzene rings is 3. The van der Waals surface area contributed by atoms with E-state index in [1.54, 1.807) is 0 Å². The van der Waals surface area contributed by atoms with E-state index in [0.29, 0.717) is 12.2 Å². The van der Waals surface area contributed by atoms with Crippen molar-refractivity contribution in [3.05, 3.63) is 113 Å². The minimum absolute atomic E-state index is 0.152. The summed E-state index contributed by atoms with van der Waals surface area (Å²) >= 11 is 0. The Hall–Kier alpha value is -3.39. The average Bonchev–Trinajstić information content (AvgIpc) is 3.54. The van der Waals surface area contributed by atoms with E-state index in [2.05, 4.69) is 39.4 Å². The molecule has 0 aliphatic carbocycles. The van der Waals surface area contributed by atoms with Crippen molar-refractivity contribution < 1.29 is 10.2 Å². The minimum atomic E-state index is -0.991. The first-order chi connectivity index (χ1) is 18.9. The lowest BCUT2D eigenvalue weighted by molar-refractivity contribution is -0.0146. The molecule has 1 fully saturated rings. The quantitative estimate of drug-likeness (QED) is 0.270. The Morgan fingerprint density at radius 1 is 0.872 bits per heavy atom. The summed E-state index contributed by atoms with van der Waals surface area (Å²) in [5.41, 5.74) is 2.57. The summed E-state index contributed by atoms with van der Waals surface area (Å²) in [5.74, 6) is 0.796. The van der Waals surface area contributed by atoms with Gasteiger partial charge in [0.25, 0.3) is 0 Å². The van der Waals surface area contributed by atoms with Crippen LogP contribution in [0, 0.1) is 5.92 Å². The second-order valence-corrected chi connectivity index (χ2v) is 11.3. The average molecular weight is 526 g/mol. The number of aromatic nitrogens is 4. The number of nitrogens with one attached hydrogen (secondary N) is 1. The molecule has 3 aromatic carbocycles. The van der Waals surface area contributed by atoms with Crippen LogP contribution in [0.2, 0.25) is 0 Å². The molecule has 0 unspecified atom stereocenters. The summed E-state index contributed by atoms with van der Waals surface area (Å²) in [4.78, 5) is 2.47. The predicted octanol–water partition coefficient (Wildman–Crippen LogP) is 4.99. The number of aromatic amines is 1. The van der Waals surface area contributed by atoms with Crippen molar-refractivity contribution in [2.75, 3.05) is 19.6 Å². The zero-order valence-electron chi connectivity index (χ0n) is 22.9. The summed E-state index contributed by atoms with van der Waals surface area (Å²) in [6, 6.07) is 28.3. The van der Waals surface area contributed by atoms with Crippen molar-refractivity contribution in [3.8, 4) is 0 Å². The second kappa shape index (κ2) is 11.8. The molecule has 204 valence electrons. The third-order valence-corrected chi connectivity index (χ3v) is 8.48. The van der Waals surface area contributed by atoms with Crippen LogP contribution in [-0.4, -0.2) is 55.4 Å². The molecule has 0 amide bonds. The number of rotatable bonds is 10. The largest absolute Gasteiger partial charge is 0.388 e. The summed E-state index contributed by atoms with van der Waals surface area (Å²) in [5, 5.41) is 37.4. The summed E-state index contributed by atoms with van der Waals surface area (Å²) < 4.78 is 0. The molecular weight excluding hydrogens is 486 g/mol. The number of likely N-dealkylation sites (tertiary alicyclic amines) is 1. The molecule has 1 aromatic heterocycles. The zero-order chi connectivity index (χ0) is 27.3. The molecule has 1 aliphatic rings. The van der Waals surface area contributed by atoms with Gasteiger partial charge in [-0.3, -0.25) is 0 Å². The van der Waals surface area contributed by atoms with Gasteiger partial charge in [-0.2, -0.15) is 5.21 Å². The Morgan fingerprint density at radius 2 is 1.46 bits per heavy atom. The van der Waals surface area contributed by atoms with Crippen LogP contribution in [0.1, 0.15) is 73.7 Å². The van der Waals surface area contributed by atoms with Crippen LogP contribution in [0.4, 0.5) is 0 Å². The molecule has 0 saturated carbocycles. The minimum Gasteiger partial charge on any atom is -0.388 e. The molecule has 0 spiro atoms. The van der Waals surface area contributed by atoms with Crippen molar-refractivity contribution in [1.29, 1.82) is 0 Å². The van der Waals surface area contributed by atoms with Crippen LogP contribution in [0.3, 0.4) is 0 Å². The lowest BCUT2D eigenvalue weighted by atomic mass is 9.72. The Bertz CT molecular complexity index is 1250. The van der Waals surface area contributed by atoms with Crippen molar-refractivity contribution in [2.45, 2.75) is 56.7 Å². The molecule has 5 rings (SSSR count). The van der Waals surface area contributed by atoms with Crippen LogP contribution in [0.25, 0.3) is 0 Å². The lowest BCUT2D eigenvalue weighted by Gasteiger charge is -2.42. The van der Waals surface area contributed by atoms with Crippen molar-refractivity contribution >= 4 is 0 Å². The number of hydrogen-bond acceptors (Lipinski definition) is 6. The van der Waals surface area contributed by atoms with Gasteiger partial charge in [0, 0.05) is 0 Å². The fourth-order valence-corrected chi connectivity index (χ4v) is 5.95. The molecule has 1 saturated heterocycles. The van der Waals surface area contributed by atoms with Gasteiger partial charge in [0.15, 0.2) is 5.82 Å². The van der Waals surface area contributed by atoms with Crippen LogP contribution >= 0.6 is 0 Å². The Kier molecular flexibility index (Phi) is 8.21. The number of tetrazole rings is 1.